The molecule has 1 aromatic carbocycles. The van der Waals surface area contributed by atoms with E-state index in [0.29, 0.717) is 6.42 Å². The van der Waals surface area contributed by atoms with Crippen LogP contribution in [0.4, 0.5) is 5.69 Å². The molecule has 98 valence electrons. The van der Waals surface area contributed by atoms with Crippen LogP contribution < -0.4 is 5.32 Å². The fourth-order valence-corrected chi connectivity index (χ4v) is 2.28. The van der Waals surface area contributed by atoms with Gasteiger partial charge in [0, 0.05) is 23.7 Å². The van der Waals surface area contributed by atoms with Gasteiger partial charge in [0.1, 0.15) is 5.54 Å². The SMILES string of the molecule is COC(C)(C)CC(C)(C#N)Nc1ccccc1Br. The zero-order valence-electron chi connectivity index (χ0n) is 11.2. The average molecular weight is 311 g/mol. The van der Waals surface area contributed by atoms with Crippen molar-refractivity contribution in [2.45, 2.75) is 38.3 Å². The molecule has 0 bridgehead atoms. The Morgan fingerprint density at radius 1 is 1.33 bits per heavy atom. The number of ether oxygens (including phenoxy) is 1. The minimum absolute atomic E-state index is 0.348. The van der Waals surface area contributed by atoms with Crippen molar-refractivity contribution in [3.8, 4) is 6.07 Å². The molecule has 1 N–H and O–H groups in total. The van der Waals surface area contributed by atoms with Gasteiger partial charge < -0.3 is 10.1 Å². The molecule has 0 heterocycles. The van der Waals surface area contributed by atoms with E-state index in [1.54, 1.807) is 7.11 Å². The predicted octanol–water partition coefficient (Wildman–Crippen LogP) is 3.96. The number of nitrogens with zero attached hydrogens (tertiary/aromatic N) is 1. The molecule has 0 saturated carbocycles. The van der Waals surface area contributed by atoms with Gasteiger partial charge in [0.05, 0.1) is 11.7 Å². The molecule has 0 aliphatic heterocycles. The summed E-state index contributed by atoms with van der Waals surface area (Å²) in [6, 6.07) is 10.1. The molecule has 0 amide bonds. The van der Waals surface area contributed by atoms with Gasteiger partial charge in [-0.15, -0.1) is 0 Å². The van der Waals surface area contributed by atoms with Gasteiger partial charge in [0.15, 0.2) is 0 Å². The van der Waals surface area contributed by atoms with E-state index in [1.165, 1.54) is 0 Å². The number of nitriles is 1. The van der Waals surface area contributed by atoms with Crippen LogP contribution in [-0.2, 0) is 4.74 Å². The molecule has 0 aliphatic carbocycles. The van der Waals surface area contributed by atoms with Gasteiger partial charge in [0.2, 0.25) is 0 Å². The summed E-state index contributed by atoms with van der Waals surface area (Å²) < 4.78 is 6.35. The van der Waals surface area contributed by atoms with Crippen LogP contribution in [-0.4, -0.2) is 18.2 Å². The van der Waals surface area contributed by atoms with E-state index in [1.807, 2.05) is 45.0 Å². The number of hydrogen-bond donors (Lipinski definition) is 1. The quantitative estimate of drug-likeness (QED) is 0.895. The van der Waals surface area contributed by atoms with Crippen LogP contribution in [0.5, 0.6) is 0 Å². The maximum atomic E-state index is 9.41. The molecular weight excluding hydrogens is 292 g/mol. The number of para-hydroxylation sites is 1. The summed E-state index contributed by atoms with van der Waals surface area (Å²) in [6.07, 6.45) is 0.592. The fourth-order valence-electron chi connectivity index (χ4n) is 1.90. The predicted molar refractivity (Wildman–Crippen MR) is 77.5 cm³/mol. The third-order valence-electron chi connectivity index (χ3n) is 2.86. The van der Waals surface area contributed by atoms with E-state index < -0.39 is 5.54 Å². The number of halogens is 1. The first-order chi connectivity index (χ1) is 8.32. The van der Waals surface area contributed by atoms with Crippen LogP contribution in [0.1, 0.15) is 27.2 Å². The number of benzene rings is 1. The summed E-state index contributed by atoms with van der Waals surface area (Å²) in [5.41, 5.74) is -0.115. The van der Waals surface area contributed by atoms with Crippen LogP contribution >= 0.6 is 15.9 Å². The highest BCUT2D eigenvalue weighted by Crippen LogP contribution is 2.29. The maximum Gasteiger partial charge on any atom is 0.125 e. The van der Waals surface area contributed by atoms with Crippen molar-refractivity contribution in [2.75, 3.05) is 12.4 Å². The maximum absolute atomic E-state index is 9.41. The van der Waals surface area contributed by atoms with E-state index in [0.717, 1.165) is 10.2 Å². The summed E-state index contributed by atoms with van der Waals surface area (Å²) in [5, 5.41) is 12.7. The highest BCUT2D eigenvalue weighted by atomic mass is 79.9. The van der Waals surface area contributed by atoms with E-state index in [9.17, 15) is 5.26 Å². The van der Waals surface area contributed by atoms with Crippen molar-refractivity contribution >= 4 is 21.6 Å². The molecule has 18 heavy (non-hydrogen) atoms. The summed E-state index contributed by atoms with van der Waals surface area (Å²) in [4.78, 5) is 0. The molecule has 1 aromatic rings. The van der Waals surface area contributed by atoms with Gasteiger partial charge >= 0.3 is 0 Å². The Labute approximate surface area is 117 Å². The molecule has 3 nitrogen and oxygen atoms in total. The van der Waals surface area contributed by atoms with E-state index >= 15 is 0 Å². The van der Waals surface area contributed by atoms with E-state index in [-0.39, 0.29) is 5.60 Å². The molecular formula is C14H19BrN2O. The van der Waals surface area contributed by atoms with Crippen LogP contribution in [0.25, 0.3) is 0 Å². The lowest BCUT2D eigenvalue weighted by Crippen LogP contribution is -2.41. The second-order valence-electron chi connectivity index (χ2n) is 5.19. The molecule has 4 heteroatoms. The zero-order chi connectivity index (χ0) is 13.8. The fraction of sp³-hybridized carbons (Fsp3) is 0.500. The summed E-state index contributed by atoms with van der Waals surface area (Å²) in [7, 11) is 1.66. The van der Waals surface area contributed by atoms with Gasteiger partial charge in [-0.2, -0.15) is 5.26 Å². The molecule has 0 spiro atoms. The largest absolute Gasteiger partial charge is 0.379 e. The lowest BCUT2D eigenvalue weighted by Gasteiger charge is -2.33. The molecule has 0 fully saturated rings. The summed E-state index contributed by atoms with van der Waals surface area (Å²) >= 11 is 3.47. The number of hydrogen-bond acceptors (Lipinski definition) is 3. The first-order valence-corrected chi connectivity index (χ1v) is 6.60. The summed E-state index contributed by atoms with van der Waals surface area (Å²) in [5.74, 6) is 0. The van der Waals surface area contributed by atoms with Gasteiger partial charge in [0.25, 0.3) is 0 Å². The Balaban J connectivity index is 2.91. The van der Waals surface area contributed by atoms with Crippen LogP contribution in [0.3, 0.4) is 0 Å². The topological polar surface area (TPSA) is 45.0 Å². The van der Waals surface area contributed by atoms with Crippen LogP contribution in [0, 0.1) is 11.3 Å². The second kappa shape index (κ2) is 5.73. The molecule has 0 radical (unpaired) electrons. The van der Waals surface area contributed by atoms with Crippen molar-refractivity contribution in [3.05, 3.63) is 28.7 Å². The van der Waals surface area contributed by atoms with Gasteiger partial charge in [-0.1, -0.05) is 12.1 Å². The Morgan fingerprint density at radius 2 is 1.94 bits per heavy atom. The summed E-state index contributed by atoms with van der Waals surface area (Å²) in [6.45, 7) is 5.84. The standard InChI is InChI=1S/C14H19BrN2O/c1-13(2,18-4)9-14(3,10-16)17-12-8-6-5-7-11(12)15/h5-8,17H,9H2,1-4H3. The molecule has 1 rings (SSSR count). The van der Waals surface area contributed by atoms with Gasteiger partial charge in [-0.05, 0) is 48.8 Å². The van der Waals surface area contributed by atoms with Crippen molar-refractivity contribution in [1.82, 2.24) is 0 Å². The van der Waals surface area contributed by atoms with Crippen molar-refractivity contribution in [1.29, 1.82) is 5.26 Å². The minimum atomic E-state index is -0.677. The van der Waals surface area contributed by atoms with E-state index in [2.05, 4.69) is 27.3 Å². The highest BCUT2D eigenvalue weighted by Gasteiger charge is 2.33. The third-order valence-corrected chi connectivity index (χ3v) is 3.55. The second-order valence-corrected chi connectivity index (χ2v) is 6.04. The highest BCUT2D eigenvalue weighted by molar-refractivity contribution is 9.10. The molecule has 0 aliphatic rings. The minimum Gasteiger partial charge on any atom is -0.379 e. The van der Waals surface area contributed by atoms with Crippen molar-refractivity contribution in [2.24, 2.45) is 0 Å². The Morgan fingerprint density at radius 3 is 2.44 bits per heavy atom. The van der Waals surface area contributed by atoms with Crippen LogP contribution in [0.2, 0.25) is 0 Å². The van der Waals surface area contributed by atoms with Crippen LogP contribution in [0.15, 0.2) is 28.7 Å². The molecule has 1 unspecified atom stereocenters. The third kappa shape index (κ3) is 4.01. The van der Waals surface area contributed by atoms with Crippen molar-refractivity contribution in [3.63, 3.8) is 0 Å². The zero-order valence-corrected chi connectivity index (χ0v) is 12.8. The monoisotopic (exact) mass is 310 g/mol. The Hall–Kier alpha value is -1.05. The first-order valence-electron chi connectivity index (χ1n) is 5.81. The average Bonchev–Trinajstić information content (AvgIpc) is 2.32. The smallest absolute Gasteiger partial charge is 0.125 e. The Bertz CT molecular complexity index is 453. The number of nitrogens with one attached hydrogen (secondary N) is 1. The number of methoxy groups -OCH3 is 1. The lowest BCUT2D eigenvalue weighted by atomic mass is 9.88. The molecule has 0 saturated heterocycles. The lowest BCUT2D eigenvalue weighted by molar-refractivity contribution is 0.00725. The van der Waals surface area contributed by atoms with Gasteiger partial charge in [-0.25, -0.2) is 0 Å². The van der Waals surface area contributed by atoms with E-state index in [4.69, 9.17) is 4.74 Å². The first kappa shape index (κ1) is 15.0. The van der Waals surface area contributed by atoms with Gasteiger partial charge in [-0.3, -0.25) is 0 Å². The van der Waals surface area contributed by atoms with Crippen molar-refractivity contribution < 1.29 is 4.74 Å². The molecule has 0 aromatic heterocycles. The number of rotatable bonds is 5. The Kier molecular flexibility index (Phi) is 4.78. The molecule has 1 atom stereocenters. The number of anilines is 1. The normalized spacial score (nSPS) is 14.7.